The molecule has 33 heavy (non-hydrogen) atoms. The first-order valence-electron chi connectivity index (χ1n) is 10.2. The van der Waals surface area contributed by atoms with Gasteiger partial charge in [0.05, 0.1) is 52.1 Å². The number of morpholine rings is 1. The topological polar surface area (TPSA) is 113 Å². The number of benzene rings is 2. The van der Waals surface area contributed by atoms with Gasteiger partial charge in [-0.05, 0) is 35.9 Å². The number of methoxy groups -OCH3 is 4. The molecule has 0 aromatic heterocycles. The molecule has 10 nitrogen and oxygen atoms in total. The summed E-state index contributed by atoms with van der Waals surface area (Å²) >= 11 is 0. The maximum atomic E-state index is 13.0. The minimum Gasteiger partial charge on any atom is -0.496 e. The quantitative estimate of drug-likeness (QED) is 0.577. The van der Waals surface area contributed by atoms with Crippen molar-refractivity contribution < 1.29 is 36.9 Å². The fourth-order valence-corrected chi connectivity index (χ4v) is 4.91. The summed E-state index contributed by atoms with van der Waals surface area (Å²) in [5.74, 6) is 1.13. The van der Waals surface area contributed by atoms with E-state index in [1.54, 1.807) is 12.1 Å². The third kappa shape index (κ3) is 5.32. The Morgan fingerprint density at radius 1 is 0.939 bits per heavy atom. The molecule has 0 atom stereocenters. The van der Waals surface area contributed by atoms with Crippen molar-refractivity contribution in [2.24, 2.45) is 0 Å². The van der Waals surface area contributed by atoms with Gasteiger partial charge in [-0.1, -0.05) is 0 Å². The highest BCUT2D eigenvalue weighted by Crippen LogP contribution is 2.38. The second-order valence-corrected chi connectivity index (χ2v) is 9.03. The molecule has 2 aromatic carbocycles. The molecule has 0 unspecified atom stereocenters. The molecular weight excluding hydrogens is 452 g/mol. The van der Waals surface area contributed by atoms with Crippen molar-refractivity contribution in [1.82, 2.24) is 9.62 Å². The lowest BCUT2D eigenvalue weighted by molar-refractivity contribution is 0.0730. The van der Waals surface area contributed by atoms with Crippen LogP contribution in [0.25, 0.3) is 0 Å². The third-order valence-electron chi connectivity index (χ3n) is 5.20. The van der Waals surface area contributed by atoms with E-state index in [-0.39, 0.29) is 35.8 Å². The number of nitrogens with zero attached hydrogens (tertiary/aromatic N) is 1. The first kappa shape index (κ1) is 24.6. The molecule has 180 valence electrons. The van der Waals surface area contributed by atoms with Gasteiger partial charge in [0.25, 0.3) is 5.91 Å². The fourth-order valence-electron chi connectivity index (χ4n) is 3.48. The summed E-state index contributed by atoms with van der Waals surface area (Å²) in [7, 11) is 2.17. The number of sulfonamides is 1. The summed E-state index contributed by atoms with van der Waals surface area (Å²) < 4.78 is 53.9. The van der Waals surface area contributed by atoms with Gasteiger partial charge in [0.15, 0.2) is 11.5 Å². The van der Waals surface area contributed by atoms with Crippen LogP contribution in [0, 0.1) is 0 Å². The summed E-state index contributed by atoms with van der Waals surface area (Å²) in [6.07, 6.45) is 0. The van der Waals surface area contributed by atoms with Crippen molar-refractivity contribution in [1.29, 1.82) is 0 Å². The molecule has 0 aliphatic carbocycles. The molecular formula is C22H28N2O8S. The molecule has 1 aliphatic rings. The minimum atomic E-state index is -3.77. The minimum absolute atomic E-state index is 0.0168. The van der Waals surface area contributed by atoms with E-state index in [1.165, 1.54) is 50.9 Å². The Bertz CT molecular complexity index is 1070. The molecule has 1 amide bonds. The van der Waals surface area contributed by atoms with E-state index < -0.39 is 15.9 Å². The van der Waals surface area contributed by atoms with Crippen molar-refractivity contribution >= 4 is 15.9 Å². The number of ether oxygens (including phenoxy) is 5. The Morgan fingerprint density at radius 2 is 1.55 bits per heavy atom. The Balaban J connectivity index is 1.84. The molecule has 1 aliphatic heterocycles. The zero-order valence-electron chi connectivity index (χ0n) is 19.0. The Morgan fingerprint density at radius 3 is 2.09 bits per heavy atom. The molecule has 1 fully saturated rings. The number of carbonyl (C=O) groups is 1. The molecule has 0 saturated carbocycles. The van der Waals surface area contributed by atoms with Crippen molar-refractivity contribution in [2.75, 3.05) is 54.7 Å². The summed E-state index contributed by atoms with van der Waals surface area (Å²) in [6.45, 7) is 1.32. The maximum absolute atomic E-state index is 13.0. The first-order chi connectivity index (χ1) is 15.8. The number of hydrogen-bond donors (Lipinski definition) is 1. The highest BCUT2D eigenvalue weighted by atomic mass is 32.2. The fraction of sp³-hybridized carbons (Fsp3) is 0.409. The van der Waals surface area contributed by atoms with Gasteiger partial charge in [-0.3, -0.25) is 4.79 Å². The Hall–Kier alpha value is -3.02. The van der Waals surface area contributed by atoms with E-state index in [9.17, 15) is 13.2 Å². The normalized spacial score (nSPS) is 14.4. The average Bonchev–Trinajstić information content (AvgIpc) is 2.86. The zero-order valence-corrected chi connectivity index (χ0v) is 19.9. The second kappa shape index (κ2) is 10.7. The van der Waals surface area contributed by atoms with E-state index >= 15 is 0 Å². The van der Waals surface area contributed by atoms with Crippen molar-refractivity contribution in [3.05, 3.63) is 41.5 Å². The zero-order chi connectivity index (χ0) is 24.0. The second-order valence-electron chi connectivity index (χ2n) is 7.09. The van der Waals surface area contributed by atoms with Gasteiger partial charge in [0, 0.05) is 19.6 Å². The van der Waals surface area contributed by atoms with Gasteiger partial charge in [-0.2, -0.15) is 4.31 Å². The van der Waals surface area contributed by atoms with Crippen LogP contribution in [0.5, 0.6) is 23.0 Å². The van der Waals surface area contributed by atoms with Gasteiger partial charge in [-0.25, -0.2) is 8.42 Å². The summed E-state index contributed by atoms with van der Waals surface area (Å²) in [4.78, 5) is 13.0. The van der Waals surface area contributed by atoms with Gasteiger partial charge in [-0.15, -0.1) is 0 Å². The van der Waals surface area contributed by atoms with Crippen molar-refractivity contribution in [3.63, 3.8) is 0 Å². The van der Waals surface area contributed by atoms with Crippen LogP contribution in [0.3, 0.4) is 0 Å². The van der Waals surface area contributed by atoms with Crippen LogP contribution >= 0.6 is 0 Å². The highest BCUT2D eigenvalue weighted by Gasteiger charge is 2.28. The largest absolute Gasteiger partial charge is 0.496 e. The van der Waals surface area contributed by atoms with Crippen LogP contribution in [-0.2, 0) is 21.3 Å². The third-order valence-corrected chi connectivity index (χ3v) is 7.10. The number of hydrogen-bond acceptors (Lipinski definition) is 8. The van der Waals surface area contributed by atoms with Gasteiger partial charge in [0.2, 0.25) is 15.8 Å². The Labute approximate surface area is 193 Å². The molecule has 3 rings (SSSR count). The number of nitrogens with one attached hydrogen (secondary N) is 1. The van der Waals surface area contributed by atoms with Gasteiger partial charge in [0.1, 0.15) is 5.75 Å². The van der Waals surface area contributed by atoms with E-state index in [0.717, 1.165) is 0 Å². The van der Waals surface area contributed by atoms with Crippen LogP contribution in [0.4, 0.5) is 0 Å². The van der Waals surface area contributed by atoms with Crippen LogP contribution in [0.1, 0.15) is 15.9 Å². The summed E-state index contributed by atoms with van der Waals surface area (Å²) in [5, 5.41) is 2.79. The molecule has 1 N–H and O–H groups in total. The van der Waals surface area contributed by atoms with Crippen LogP contribution < -0.4 is 24.3 Å². The molecule has 11 heteroatoms. The van der Waals surface area contributed by atoms with Crippen LogP contribution in [0.2, 0.25) is 0 Å². The van der Waals surface area contributed by atoms with Crippen LogP contribution in [0.15, 0.2) is 35.2 Å². The molecule has 0 radical (unpaired) electrons. The lowest BCUT2D eigenvalue weighted by Crippen LogP contribution is -2.40. The predicted molar refractivity (Wildman–Crippen MR) is 120 cm³/mol. The highest BCUT2D eigenvalue weighted by molar-refractivity contribution is 7.89. The molecule has 0 bridgehead atoms. The maximum Gasteiger partial charge on any atom is 0.255 e. The van der Waals surface area contributed by atoms with Crippen LogP contribution in [-0.4, -0.2) is 73.4 Å². The number of rotatable bonds is 9. The summed E-state index contributed by atoms with van der Waals surface area (Å²) in [5.41, 5.74) is 0.813. The smallest absolute Gasteiger partial charge is 0.255 e. The monoisotopic (exact) mass is 480 g/mol. The number of amides is 1. The molecule has 0 spiro atoms. The molecule has 1 saturated heterocycles. The number of carbonyl (C=O) groups excluding carboxylic acids is 1. The lowest BCUT2D eigenvalue weighted by atomic mass is 10.1. The van der Waals surface area contributed by atoms with Gasteiger partial charge >= 0.3 is 0 Å². The average molecular weight is 481 g/mol. The molecule has 1 heterocycles. The standard InChI is InChI=1S/C22H28N2O8S/c1-28-18-6-5-16(33(26,27)24-7-9-32-10-8-24)13-17(18)22(25)23-14-15-11-19(29-2)21(31-4)20(12-15)30-3/h5-6,11-13H,7-10,14H2,1-4H3,(H,23,25). The lowest BCUT2D eigenvalue weighted by Gasteiger charge is -2.26. The van der Waals surface area contributed by atoms with Gasteiger partial charge < -0.3 is 29.0 Å². The van der Waals surface area contributed by atoms with E-state index in [0.29, 0.717) is 36.0 Å². The SMILES string of the molecule is COc1ccc(S(=O)(=O)N2CCOCC2)cc1C(=O)NCc1cc(OC)c(OC)c(OC)c1. The van der Waals surface area contributed by atoms with Crippen molar-refractivity contribution in [2.45, 2.75) is 11.4 Å². The first-order valence-corrected chi connectivity index (χ1v) is 11.6. The predicted octanol–water partition coefficient (Wildman–Crippen LogP) is 1.67. The summed E-state index contributed by atoms with van der Waals surface area (Å²) in [6, 6.07) is 7.67. The molecule has 2 aromatic rings. The van der Waals surface area contributed by atoms with E-state index in [1.807, 2.05) is 0 Å². The Kier molecular flexibility index (Phi) is 8.01. The van der Waals surface area contributed by atoms with Crippen molar-refractivity contribution in [3.8, 4) is 23.0 Å². The van der Waals surface area contributed by atoms with E-state index in [4.69, 9.17) is 23.7 Å². The van der Waals surface area contributed by atoms with E-state index in [2.05, 4.69) is 5.32 Å².